The van der Waals surface area contributed by atoms with Crippen LogP contribution in [-0.2, 0) is 11.2 Å². The molecule has 2 aromatic rings. The second kappa shape index (κ2) is 7.30. The molecule has 4 nitrogen and oxygen atoms in total. The number of nitrogens with zero attached hydrogens (tertiary/aromatic N) is 2. The van der Waals surface area contributed by atoms with Crippen LogP contribution >= 0.6 is 0 Å². The molecule has 25 heavy (non-hydrogen) atoms. The van der Waals surface area contributed by atoms with Crippen molar-refractivity contribution in [3.63, 3.8) is 0 Å². The number of benzene rings is 2. The van der Waals surface area contributed by atoms with E-state index in [4.69, 9.17) is 0 Å². The van der Waals surface area contributed by atoms with Gasteiger partial charge in [-0.2, -0.15) is 0 Å². The number of aliphatic imine (C=N–C) groups is 1. The van der Waals surface area contributed by atoms with Crippen molar-refractivity contribution in [3.8, 4) is 0 Å². The van der Waals surface area contributed by atoms with Crippen LogP contribution in [0.2, 0.25) is 0 Å². The quantitative estimate of drug-likeness (QED) is 0.850. The second-order valence-electron chi connectivity index (χ2n) is 6.15. The van der Waals surface area contributed by atoms with Gasteiger partial charge in [-0.1, -0.05) is 24.3 Å². The van der Waals surface area contributed by atoms with E-state index in [9.17, 15) is 9.18 Å². The van der Waals surface area contributed by atoms with E-state index in [1.165, 1.54) is 12.1 Å². The van der Waals surface area contributed by atoms with Crippen molar-refractivity contribution in [1.82, 2.24) is 5.32 Å². The number of nitrogens with one attached hydrogen (secondary N) is 1. The average molecular weight is 337 g/mol. The summed E-state index contributed by atoms with van der Waals surface area (Å²) >= 11 is 0. The third-order valence-corrected chi connectivity index (χ3v) is 4.02. The first-order chi connectivity index (χ1) is 12.0. The number of amidine groups is 1. The number of carbonyl (C=O) groups is 1. The smallest absolute Gasteiger partial charge is 0.275 e. The van der Waals surface area contributed by atoms with Crippen molar-refractivity contribution in [3.05, 3.63) is 71.2 Å². The highest BCUT2D eigenvalue weighted by molar-refractivity contribution is 6.14. The highest BCUT2D eigenvalue weighted by Crippen LogP contribution is 2.17. The Balaban J connectivity index is 1.67. The molecule has 0 atom stereocenters. The Labute approximate surface area is 146 Å². The number of hydrogen-bond acceptors (Lipinski definition) is 3. The van der Waals surface area contributed by atoms with E-state index in [0.29, 0.717) is 24.4 Å². The van der Waals surface area contributed by atoms with Crippen LogP contribution in [-0.4, -0.2) is 25.8 Å². The number of aryl methyl sites for hydroxylation is 1. The third kappa shape index (κ3) is 4.32. The maximum absolute atomic E-state index is 12.9. The third-order valence-electron chi connectivity index (χ3n) is 4.02. The summed E-state index contributed by atoms with van der Waals surface area (Å²) in [6.45, 7) is 0. The molecule has 1 aliphatic heterocycles. The molecular formula is C20H20FN3O. The largest absolute Gasteiger partial charge is 0.378 e. The Morgan fingerprint density at radius 3 is 2.36 bits per heavy atom. The molecular weight excluding hydrogens is 317 g/mol. The molecule has 5 heteroatoms. The van der Waals surface area contributed by atoms with E-state index in [2.05, 4.69) is 10.3 Å². The maximum atomic E-state index is 12.9. The molecule has 0 spiro atoms. The highest BCUT2D eigenvalue weighted by Gasteiger charge is 2.19. The molecule has 1 aliphatic rings. The summed E-state index contributed by atoms with van der Waals surface area (Å²) in [5, 5.41) is 2.80. The number of halogens is 1. The fourth-order valence-corrected chi connectivity index (χ4v) is 2.58. The van der Waals surface area contributed by atoms with Gasteiger partial charge in [-0.15, -0.1) is 0 Å². The topological polar surface area (TPSA) is 44.7 Å². The molecule has 0 saturated carbocycles. The van der Waals surface area contributed by atoms with E-state index in [1.54, 1.807) is 18.2 Å². The van der Waals surface area contributed by atoms with Crippen molar-refractivity contribution < 1.29 is 9.18 Å². The van der Waals surface area contributed by atoms with Crippen LogP contribution in [0.4, 0.5) is 10.1 Å². The second-order valence-corrected chi connectivity index (χ2v) is 6.15. The van der Waals surface area contributed by atoms with Gasteiger partial charge >= 0.3 is 0 Å². The average Bonchev–Trinajstić information content (AvgIpc) is 2.94. The van der Waals surface area contributed by atoms with Gasteiger partial charge in [0.25, 0.3) is 5.91 Å². The van der Waals surface area contributed by atoms with Gasteiger partial charge in [-0.3, -0.25) is 4.79 Å². The lowest BCUT2D eigenvalue weighted by molar-refractivity contribution is -0.115. The van der Waals surface area contributed by atoms with Crippen molar-refractivity contribution in [2.24, 2.45) is 4.99 Å². The standard InChI is InChI=1S/C20H20FN3O/c1-24(2)17-10-5-15(6-11-17)13-18-20(25)23-19(22-18)12-7-14-3-8-16(21)9-4-14/h3-6,8-11,13H,7,12H2,1-2H3,(H,22,23,25)/b18-13+. The van der Waals surface area contributed by atoms with Crippen molar-refractivity contribution in [2.75, 3.05) is 19.0 Å². The molecule has 0 radical (unpaired) electrons. The molecule has 1 N–H and O–H groups in total. The minimum atomic E-state index is -0.249. The van der Waals surface area contributed by atoms with Crippen LogP contribution in [0, 0.1) is 5.82 Å². The van der Waals surface area contributed by atoms with Crippen molar-refractivity contribution in [2.45, 2.75) is 12.8 Å². The minimum absolute atomic E-state index is 0.189. The number of rotatable bonds is 5. The SMILES string of the molecule is CN(C)c1ccc(/C=C2/N=C(CCc3ccc(F)cc3)NC2=O)cc1. The fraction of sp³-hybridized carbons (Fsp3) is 0.200. The normalized spacial score (nSPS) is 15.2. The van der Waals surface area contributed by atoms with Crippen LogP contribution in [0.5, 0.6) is 0 Å². The molecule has 1 amide bonds. The zero-order chi connectivity index (χ0) is 17.8. The van der Waals surface area contributed by atoms with E-state index in [-0.39, 0.29) is 11.7 Å². The predicted molar refractivity (Wildman–Crippen MR) is 99.0 cm³/mol. The Bertz CT molecular complexity index is 821. The number of carbonyl (C=O) groups excluding carboxylic acids is 1. The fourth-order valence-electron chi connectivity index (χ4n) is 2.58. The zero-order valence-electron chi connectivity index (χ0n) is 14.3. The number of hydrogen-bond donors (Lipinski definition) is 1. The van der Waals surface area contributed by atoms with Gasteiger partial charge in [-0.05, 0) is 47.9 Å². The lowest BCUT2D eigenvalue weighted by Gasteiger charge is -2.11. The zero-order valence-corrected chi connectivity index (χ0v) is 14.3. The van der Waals surface area contributed by atoms with E-state index in [1.807, 2.05) is 43.3 Å². The predicted octanol–water partition coefficient (Wildman–Crippen LogP) is 3.39. The Hall–Kier alpha value is -2.95. The summed E-state index contributed by atoms with van der Waals surface area (Å²) < 4.78 is 12.9. The summed E-state index contributed by atoms with van der Waals surface area (Å²) in [6.07, 6.45) is 3.08. The summed E-state index contributed by atoms with van der Waals surface area (Å²) in [4.78, 5) is 18.5. The lowest BCUT2D eigenvalue weighted by Crippen LogP contribution is -2.24. The monoisotopic (exact) mass is 337 g/mol. The molecule has 1 heterocycles. The Kier molecular flexibility index (Phi) is 4.93. The molecule has 3 rings (SSSR count). The van der Waals surface area contributed by atoms with Crippen molar-refractivity contribution in [1.29, 1.82) is 0 Å². The Morgan fingerprint density at radius 1 is 1.04 bits per heavy atom. The number of amides is 1. The van der Waals surface area contributed by atoms with Gasteiger partial charge in [0.2, 0.25) is 0 Å². The van der Waals surface area contributed by atoms with Crippen molar-refractivity contribution >= 4 is 23.5 Å². The molecule has 2 aromatic carbocycles. The molecule has 128 valence electrons. The summed E-state index contributed by atoms with van der Waals surface area (Å²) in [5.74, 6) is 0.206. The van der Waals surface area contributed by atoms with Gasteiger partial charge in [0.15, 0.2) is 0 Å². The summed E-state index contributed by atoms with van der Waals surface area (Å²) in [6, 6.07) is 14.3. The molecule has 0 fully saturated rings. The first kappa shape index (κ1) is 16.9. The Morgan fingerprint density at radius 2 is 1.72 bits per heavy atom. The molecule has 0 saturated heterocycles. The van der Waals surface area contributed by atoms with E-state index in [0.717, 1.165) is 16.8 Å². The van der Waals surface area contributed by atoms with Gasteiger partial charge in [0.1, 0.15) is 17.3 Å². The summed E-state index contributed by atoms with van der Waals surface area (Å²) in [7, 11) is 3.96. The molecule has 0 bridgehead atoms. The van der Waals surface area contributed by atoms with Gasteiger partial charge < -0.3 is 10.2 Å². The van der Waals surface area contributed by atoms with Gasteiger partial charge in [-0.25, -0.2) is 9.38 Å². The number of anilines is 1. The van der Waals surface area contributed by atoms with Crippen LogP contribution in [0.3, 0.4) is 0 Å². The van der Waals surface area contributed by atoms with Crippen LogP contribution < -0.4 is 10.2 Å². The van der Waals surface area contributed by atoms with Gasteiger partial charge in [0, 0.05) is 26.2 Å². The highest BCUT2D eigenvalue weighted by atomic mass is 19.1. The first-order valence-electron chi connectivity index (χ1n) is 8.14. The summed E-state index contributed by atoms with van der Waals surface area (Å²) in [5.41, 5.74) is 3.45. The first-order valence-corrected chi connectivity index (χ1v) is 8.14. The van der Waals surface area contributed by atoms with E-state index >= 15 is 0 Å². The molecule has 0 aliphatic carbocycles. The maximum Gasteiger partial charge on any atom is 0.275 e. The van der Waals surface area contributed by atoms with Gasteiger partial charge in [0.05, 0.1) is 0 Å². The van der Waals surface area contributed by atoms with Crippen LogP contribution in [0.25, 0.3) is 6.08 Å². The molecule has 0 unspecified atom stereocenters. The van der Waals surface area contributed by atoms with Crippen LogP contribution in [0.1, 0.15) is 17.5 Å². The lowest BCUT2D eigenvalue weighted by atomic mass is 10.1. The molecule has 0 aromatic heterocycles. The van der Waals surface area contributed by atoms with Crippen LogP contribution in [0.15, 0.2) is 59.2 Å². The minimum Gasteiger partial charge on any atom is -0.378 e. The van der Waals surface area contributed by atoms with E-state index < -0.39 is 0 Å².